The van der Waals surface area contributed by atoms with Crippen LogP contribution in [-0.4, -0.2) is 38.7 Å². The lowest BCUT2D eigenvalue weighted by atomic mass is 10.1. The van der Waals surface area contributed by atoms with Gasteiger partial charge in [-0.05, 0) is 60.5 Å². The predicted molar refractivity (Wildman–Crippen MR) is 140 cm³/mol. The molecule has 2 amide bonds. The van der Waals surface area contributed by atoms with Crippen LogP contribution >= 0.6 is 11.8 Å². The summed E-state index contributed by atoms with van der Waals surface area (Å²) in [5, 5.41) is 3.01. The molecule has 2 heterocycles. The minimum absolute atomic E-state index is 0.0920. The molecule has 0 aromatic heterocycles. The zero-order valence-electron chi connectivity index (χ0n) is 20.0. The van der Waals surface area contributed by atoms with Gasteiger partial charge in [-0.1, -0.05) is 42.1 Å². The molecular weight excluding hydrogens is 476 g/mol. The van der Waals surface area contributed by atoms with E-state index in [1.807, 2.05) is 79.7 Å². The number of nitrogens with one attached hydrogen (secondary N) is 1. The normalized spacial score (nSPS) is 16.3. The van der Waals surface area contributed by atoms with Gasteiger partial charge in [0.2, 0.25) is 5.91 Å². The van der Waals surface area contributed by atoms with Crippen molar-refractivity contribution >= 4 is 35.3 Å². The van der Waals surface area contributed by atoms with Crippen molar-refractivity contribution in [1.29, 1.82) is 0 Å². The van der Waals surface area contributed by atoms with Crippen LogP contribution in [0.15, 0.2) is 76.5 Å². The van der Waals surface area contributed by atoms with E-state index < -0.39 is 0 Å². The number of nitrogens with zero attached hydrogens (tertiary/aromatic N) is 1. The molecular formula is C28H26N2O5S. The molecule has 5 rings (SSSR count). The Balaban J connectivity index is 1.34. The summed E-state index contributed by atoms with van der Waals surface area (Å²) in [7, 11) is 1.61. The summed E-state index contributed by atoms with van der Waals surface area (Å²) in [6.07, 6.45) is 1.84. The highest BCUT2D eigenvalue weighted by molar-refractivity contribution is 8.04. The Morgan fingerprint density at radius 1 is 1.08 bits per heavy atom. The van der Waals surface area contributed by atoms with E-state index in [9.17, 15) is 9.59 Å². The van der Waals surface area contributed by atoms with Gasteiger partial charge in [0.05, 0.1) is 23.7 Å². The van der Waals surface area contributed by atoms with E-state index in [0.717, 1.165) is 27.5 Å². The average Bonchev–Trinajstić information content (AvgIpc) is 2.91. The van der Waals surface area contributed by atoms with Crippen LogP contribution in [0.2, 0.25) is 0 Å². The van der Waals surface area contributed by atoms with Crippen LogP contribution in [0.25, 0.3) is 6.08 Å². The first-order chi connectivity index (χ1) is 17.5. The molecule has 184 valence electrons. The van der Waals surface area contributed by atoms with Crippen LogP contribution in [0.3, 0.4) is 0 Å². The molecule has 2 aliphatic heterocycles. The molecule has 0 bridgehead atoms. The fourth-order valence-corrected chi connectivity index (χ4v) is 5.17. The van der Waals surface area contributed by atoms with E-state index in [1.165, 1.54) is 16.7 Å². The lowest BCUT2D eigenvalue weighted by Crippen LogP contribution is -2.43. The Labute approximate surface area is 214 Å². The molecule has 0 saturated heterocycles. The largest absolute Gasteiger partial charge is 0.497 e. The SMILES string of the molecule is COc1ccc(/C=C2\Sc3ccccc3N(CC(=O)N[C@@H](C)c3ccc4c(c3)OCCO4)C2=O)cc1. The molecule has 0 radical (unpaired) electrons. The van der Waals surface area contributed by atoms with E-state index in [1.54, 1.807) is 7.11 Å². The van der Waals surface area contributed by atoms with E-state index in [-0.39, 0.29) is 24.4 Å². The maximum atomic E-state index is 13.5. The monoisotopic (exact) mass is 502 g/mol. The molecule has 2 aliphatic rings. The van der Waals surface area contributed by atoms with Crippen molar-refractivity contribution in [2.24, 2.45) is 0 Å². The molecule has 1 atom stereocenters. The molecule has 0 saturated carbocycles. The molecule has 3 aromatic rings. The molecule has 0 spiro atoms. The van der Waals surface area contributed by atoms with Crippen LogP contribution in [0.1, 0.15) is 24.1 Å². The number of fused-ring (bicyclic) bond motifs is 2. The molecule has 1 N–H and O–H groups in total. The first-order valence-electron chi connectivity index (χ1n) is 11.7. The van der Waals surface area contributed by atoms with Crippen molar-refractivity contribution in [2.45, 2.75) is 17.9 Å². The van der Waals surface area contributed by atoms with Gasteiger partial charge >= 0.3 is 0 Å². The van der Waals surface area contributed by atoms with E-state index in [4.69, 9.17) is 14.2 Å². The standard InChI is InChI=1S/C28H26N2O5S/c1-18(20-9-12-23-24(16-20)35-14-13-34-23)29-27(31)17-30-22-5-3-4-6-25(22)36-26(28(30)32)15-19-7-10-21(33-2)11-8-19/h3-12,15-16,18H,13-14,17H2,1-2H3,(H,29,31)/b26-15-/t18-/m0/s1. The highest BCUT2D eigenvalue weighted by atomic mass is 32.2. The first-order valence-corrected chi connectivity index (χ1v) is 12.5. The minimum atomic E-state index is -0.271. The predicted octanol–water partition coefficient (Wildman–Crippen LogP) is 4.82. The summed E-state index contributed by atoms with van der Waals surface area (Å²) in [6, 6.07) is 20.5. The van der Waals surface area contributed by atoms with E-state index >= 15 is 0 Å². The van der Waals surface area contributed by atoms with Gasteiger partial charge in [-0.25, -0.2) is 0 Å². The molecule has 36 heavy (non-hydrogen) atoms. The number of hydrogen-bond donors (Lipinski definition) is 1. The molecule has 3 aromatic carbocycles. The third-order valence-electron chi connectivity index (χ3n) is 5.99. The Hall–Kier alpha value is -3.91. The lowest BCUT2D eigenvalue weighted by Gasteiger charge is -2.30. The van der Waals surface area contributed by atoms with Gasteiger partial charge in [-0.3, -0.25) is 14.5 Å². The molecule has 0 unspecified atom stereocenters. The summed E-state index contributed by atoms with van der Waals surface area (Å²) in [6.45, 7) is 2.83. The number of rotatable bonds is 6. The highest BCUT2D eigenvalue weighted by Crippen LogP contribution is 2.42. The Morgan fingerprint density at radius 3 is 2.61 bits per heavy atom. The summed E-state index contributed by atoms with van der Waals surface area (Å²) in [5.41, 5.74) is 2.50. The number of ether oxygens (including phenoxy) is 3. The van der Waals surface area contributed by atoms with Crippen LogP contribution in [0, 0.1) is 0 Å². The van der Waals surface area contributed by atoms with E-state index in [2.05, 4.69) is 5.32 Å². The number of carbonyl (C=O) groups is 2. The fourth-order valence-electron chi connectivity index (χ4n) is 4.11. The van der Waals surface area contributed by atoms with E-state index in [0.29, 0.717) is 29.6 Å². The number of hydrogen-bond acceptors (Lipinski definition) is 6. The van der Waals surface area contributed by atoms with Crippen molar-refractivity contribution < 1.29 is 23.8 Å². The van der Waals surface area contributed by atoms with Gasteiger partial charge in [-0.2, -0.15) is 0 Å². The quantitative estimate of drug-likeness (QED) is 0.487. The molecule has 8 heteroatoms. The van der Waals surface area contributed by atoms with Crippen LogP contribution in [0.5, 0.6) is 17.2 Å². The average molecular weight is 503 g/mol. The number of thioether (sulfide) groups is 1. The lowest BCUT2D eigenvalue weighted by molar-refractivity contribution is -0.122. The van der Waals surface area contributed by atoms with Gasteiger partial charge in [-0.15, -0.1) is 0 Å². The second kappa shape index (κ2) is 10.4. The number of benzene rings is 3. The van der Waals surface area contributed by atoms with Crippen molar-refractivity contribution in [3.8, 4) is 17.2 Å². The maximum Gasteiger partial charge on any atom is 0.265 e. The summed E-state index contributed by atoms with van der Waals surface area (Å²) in [5.74, 6) is 1.65. The van der Waals surface area contributed by atoms with Crippen molar-refractivity contribution in [2.75, 3.05) is 31.8 Å². The molecule has 0 fully saturated rings. The van der Waals surface area contributed by atoms with Crippen LogP contribution in [-0.2, 0) is 9.59 Å². The Kier molecular flexibility index (Phi) is 6.86. The maximum absolute atomic E-state index is 13.5. The third-order valence-corrected chi connectivity index (χ3v) is 7.07. The second-order valence-corrected chi connectivity index (χ2v) is 9.52. The second-order valence-electron chi connectivity index (χ2n) is 8.44. The van der Waals surface area contributed by atoms with Gasteiger partial charge in [0.1, 0.15) is 25.5 Å². The summed E-state index contributed by atoms with van der Waals surface area (Å²) in [4.78, 5) is 29.5. The van der Waals surface area contributed by atoms with Crippen molar-refractivity contribution in [3.63, 3.8) is 0 Å². The number of para-hydroxylation sites is 1. The minimum Gasteiger partial charge on any atom is -0.497 e. The number of anilines is 1. The smallest absolute Gasteiger partial charge is 0.265 e. The van der Waals surface area contributed by atoms with Crippen LogP contribution < -0.4 is 24.4 Å². The molecule has 0 aliphatic carbocycles. The summed E-state index contributed by atoms with van der Waals surface area (Å²) >= 11 is 1.41. The topological polar surface area (TPSA) is 77.1 Å². The van der Waals surface area contributed by atoms with Crippen molar-refractivity contribution in [3.05, 3.63) is 82.8 Å². The number of amides is 2. The van der Waals surface area contributed by atoms with Gasteiger partial charge in [0.25, 0.3) is 5.91 Å². The fraction of sp³-hybridized carbons (Fsp3) is 0.214. The Morgan fingerprint density at radius 2 is 1.83 bits per heavy atom. The number of carbonyl (C=O) groups excluding carboxylic acids is 2. The van der Waals surface area contributed by atoms with Gasteiger partial charge in [0, 0.05) is 4.90 Å². The third kappa shape index (κ3) is 5.04. The van der Waals surface area contributed by atoms with Gasteiger partial charge < -0.3 is 19.5 Å². The zero-order valence-corrected chi connectivity index (χ0v) is 20.8. The van der Waals surface area contributed by atoms with Gasteiger partial charge in [0.15, 0.2) is 11.5 Å². The Bertz CT molecular complexity index is 1320. The van der Waals surface area contributed by atoms with Crippen LogP contribution in [0.4, 0.5) is 5.69 Å². The number of methoxy groups -OCH3 is 1. The summed E-state index contributed by atoms with van der Waals surface area (Å²) < 4.78 is 16.5. The highest BCUT2D eigenvalue weighted by Gasteiger charge is 2.30. The zero-order chi connectivity index (χ0) is 25.1. The first kappa shape index (κ1) is 23.8. The molecule has 7 nitrogen and oxygen atoms in total. The van der Waals surface area contributed by atoms with Crippen molar-refractivity contribution in [1.82, 2.24) is 5.32 Å².